The molecule has 2 amide bonds. The molecular formula is C35H38FN3O6S. The molecule has 46 heavy (non-hydrogen) atoms. The lowest BCUT2D eigenvalue weighted by molar-refractivity contribution is -0.140. The van der Waals surface area contributed by atoms with Gasteiger partial charge >= 0.3 is 0 Å². The summed E-state index contributed by atoms with van der Waals surface area (Å²) in [5.41, 5.74) is 2.68. The number of likely N-dealkylation sites (N-methyl/N-ethyl adjacent to an activating group) is 1. The van der Waals surface area contributed by atoms with E-state index in [-0.39, 0.29) is 35.2 Å². The predicted molar refractivity (Wildman–Crippen MR) is 175 cm³/mol. The van der Waals surface area contributed by atoms with Crippen LogP contribution in [-0.4, -0.2) is 58.5 Å². The van der Waals surface area contributed by atoms with Crippen LogP contribution in [0.1, 0.15) is 23.6 Å². The number of amides is 2. The normalized spacial score (nSPS) is 11.8. The molecule has 0 aliphatic rings. The van der Waals surface area contributed by atoms with Gasteiger partial charge in [-0.1, -0.05) is 60.2 Å². The minimum atomic E-state index is -4.42. The number of hydrogen-bond donors (Lipinski definition) is 1. The first kappa shape index (κ1) is 34.0. The van der Waals surface area contributed by atoms with Crippen LogP contribution in [0.3, 0.4) is 0 Å². The van der Waals surface area contributed by atoms with Crippen LogP contribution in [0.4, 0.5) is 10.1 Å². The molecule has 1 atom stereocenters. The van der Waals surface area contributed by atoms with E-state index in [2.05, 4.69) is 5.32 Å². The third-order valence-electron chi connectivity index (χ3n) is 7.43. The summed E-state index contributed by atoms with van der Waals surface area (Å²) in [6, 6.07) is 24.8. The summed E-state index contributed by atoms with van der Waals surface area (Å²) in [6.07, 6.45) is 0.198. The van der Waals surface area contributed by atoms with Crippen LogP contribution in [0, 0.1) is 12.7 Å². The van der Waals surface area contributed by atoms with Crippen molar-refractivity contribution in [2.24, 2.45) is 0 Å². The van der Waals surface area contributed by atoms with E-state index in [0.717, 1.165) is 33.1 Å². The highest BCUT2D eigenvalue weighted by Gasteiger charge is 2.35. The van der Waals surface area contributed by atoms with E-state index in [9.17, 15) is 22.4 Å². The highest BCUT2D eigenvalue weighted by atomic mass is 32.2. The number of benzene rings is 4. The van der Waals surface area contributed by atoms with Crippen LogP contribution in [0.2, 0.25) is 0 Å². The van der Waals surface area contributed by atoms with E-state index in [4.69, 9.17) is 9.47 Å². The summed E-state index contributed by atoms with van der Waals surface area (Å²) in [5, 5.41) is 2.83. The summed E-state index contributed by atoms with van der Waals surface area (Å²) in [7, 11) is -1.61. The number of halogens is 1. The van der Waals surface area contributed by atoms with Crippen LogP contribution in [-0.2, 0) is 32.6 Å². The lowest BCUT2D eigenvalue weighted by atomic mass is 10.0. The molecule has 0 fully saturated rings. The van der Waals surface area contributed by atoms with Gasteiger partial charge in [-0.25, -0.2) is 12.8 Å². The molecule has 0 saturated heterocycles. The molecule has 0 radical (unpaired) electrons. The van der Waals surface area contributed by atoms with E-state index < -0.39 is 34.3 Å². The van der Waals surface area contributed by atoms with Gasteiger partial charge in [-0.3, -0.25) is 13.9 Å². The van der Waals surface area contributed by atoms with Crippen LogP contribution in [0.5, 0.6) is 11.5 Å². The van der Waals surface area contributed by atoms with E-state index in [1.165, 1.54) is 49.5 Å². The Labute approximate surface area is 269 Å². The van der Waals surface area contributed by atoms with Crippen LogP contribution < -0.4 is 19.1 Å². The lowest BCUT2D eigenvalue weighted by Crippen LogP contribution is -2.53. The van der Waals surface area contributed by atoms with Crippen molar-refractivity contribution in [2.45, 2.75) is 37.8 Å². The van der Waals surface area contributed by atoms with Crippen molar-refractivity contribution in [2.75, 3.05) is 31.6 Å². The summed E-state index contributed by atoms with van der Waals surface area (Å²) in [5.74, 6) is -1.07. The van der Waals surface area contributed by atoms with Gasteiger partial charge in [0, 0.05) is 25.6 Å². The van der Waals surface area contributed by atoms with Crippen LogP contribution >= 0.6 is 0 Å². The van der Waals surface area contributed by atoms with Gasteiger partial charge < -0.3 is 19.7 Å². The first-order valence-electron chi connectivity index (χ1n) is 14.7. The van der Waals surface area contributed by atoms with Crippen molar-refractivity contribution in [1.82, 2.24) is 10.2 Å². The van der Waals surface area contributed by atoms with Crippen molar-refractivity contribution in [1.29, 1.82) is 0 Å². The van der Waals surface area contributed by atoms with Gasteiger partial charge in [-0.15, -0.1) is 0 Å². The Morgan fingerprint density at radius 1 is 0.848 bits per heavy atom. The Hall–Kier alpha value is -4.90. The second kappa shape index (κ2) is 15.4. The van der Waals surface area contributed by atoms with E-state index >= 15 is 0 Å². The van der Waals surface area contributed by atoms with Crippen molar-refractivity contribution >= 4 is 27.5 Å². The molecule has 0 saturated carbocycles. The maximum Gasteiger partial charge on any atom is 0.264 e. The summed E-state index contributed by atoms with van der Waals surface area (Å²) >= 11 is 0. The molecule has 9 nitrogen and oxygen atoms in total. The predicted octanol–water partition coefficient (Wildman–Crippen LogP) is 5.12. The second-order valence-corrected chi connectivity index (χ2v) is 12.5. The fraction of sp³-hybridized carbons (Fsp3) is 0.257. The van der Waals surface area contributed by atoms with E-state index in [1.807, 2.05) is 61.5 Å². The van der Waals surface area contributed by atoms with E-state index in [0.29, 0.717) is 12.3 Å². The lowest BCUT2D eigenvalue weighted by Gasteiger charge is -2.34. The SMILES string of the molecule is CCNC(=O)C(Cc1ccccc1)N(Cc1ccc(C)cc1)C(=O)CN(c1ccc(F)cc1)S(=O)(=O)c1ccc(OC)c(OC)c1. The minimum Gasteiger partial charge on any atom is -0.493 e. The molecule has 0 heterocycles. The maximum absolute atomic E-state index is 14.4. The second-order valence-electron chi connectivity index (χ2n) is 10.6. The van der Waals surface area contributed by atoms with Crippen molar-refractivity contribution in [3.8, 4) is 11.5 Å². The molecule has 0 aliphatic heterocycles. The number of methoxy groups -OCH3 is 2. The van der Waals surface area contributed by atoms with Gasteiger partial charge in [0.05, 0.1) is 24.8 Å². The van der Waals surface area contributed by atoms with Crippen molar-refractivity contribution in [3.05, 3.63) is 120 Å². The molecular weight excluding hydrogens is 609 g/mol. The van der Waals surface area contributed by atoms with Gasteiger partial charge in [0.2, 0.25) is 11.8 Å². The van der Waals surface area contributed by atoms with Crippen molar-refractivity contribution in [3.63, 3.8) is 0 Å². The summed E-state index contributed by atoms with van der Waals surface area (Å²) < 4.78 is 53.9. The zero-order valence-corrected chi connectivity index (χ0v) is 27.1. The Morgan fingerprint density at radius 2 is 1.50 bits per heavy atom. The van der Waals surface area contributed by atoms with Gasteiger partial charge in [-0.2, -0.15) is 0 Å². The Bertz CT molecular complexity index is 1730. The highest BCUT2D eigenvalue weighted by molar-refractivity contribution is 7.92. The average molecular weight is 648 g/mol. The first-order valence-corrected chi connectivity index (χ1v) is 16.2. The number of aryl methyl sites for hydroxylation is 1. The molecule has 0 aliphatic carbocycles. The number of rotatable bonds is 14. The molecule has 0 bridgehead atoms. The number of carbonyl (C=O) groups excluding carboxylic acids is 2. The molecule has 0 spiro atoms. The minimum absolute atomic E-state index is 0.0431. The first-order chi connectivity index (χ1) is 22.1. The standard InChI is InChI=1S/C35H38FN3O6S/c1-5-37-35(41)31(21-26-9-7-6-8-10-26)38(23-27-13-11-25(2)12-14-27)34(40)24-39(29-17-15-28(36)16-18-29)46(42,43)30-19-20-32(44-3)33(22-30)45-4/h6-20,22,31H,5,21,23-24H2,1-4H3,(H,37,41). The monoisotopic (exact) mass is 647 g/mol. The highest BCUT2D eigenvalue weighted by Crippen LogP contribution is 2.32. The molecule has 1 N–H and O–H groups in total. The summed E-state index contributed by atoms with van der Waals surface area (Å²) in [6.45, 7) is 3.45. The Balaban J connectivity index is 1.81. The fourth-order valence-electron chi connectivity index (χ4n) is 4.98. The maximum atomic E-state index is 14.4. The number of sulfonamides is 1. The molecule has 11 heteroatoms. The Kier molecular flexibility index (Phi) is 11.4. The van der Waals surface area contributed by atoms with Gasteiger partial charge in [0.25, 0.3) is 10.0 Å². The molecule has 1 unspecified atom stereocenters. The van der Waals surface area contributed by atoms with Gasteiger partial charge in [-0.05, 0) is 61.4 Å². The molecule has 4 aromatic rings. The van der Waals surface area contributed by atoms with Crippen molar-refractivity contribution < 1.29 is 31.9 Å². The number of anilines is 1. The fourth-order valence-corrected chi connectivity index (χ4v) is 6.41. The van der Waals surface area contributed by atoms with Gasteiger partial charge in [0.15, 0.2) is 11.5 Å². The third-order valence-corrected chi connectivity index (χ3v) is 9.20. The Morgan fingerprint density at radius 3 is 2.11 bits per heavy atom. The molecule has 242 valence electrons. The third kappa shape index (κ3) is 8.22. The van der Waals surface area contributed by atoms with Crippen LogP contribution in [0.25, 0.3) is 0 Å². The smallest absolute Gasteiger partial charge is 0.264 e. The number of nitrogens with one attached hydrogen (secondary N) is 1. The number of nitrogens with zero attached hydrogens (tertiary/aromatic N) is 2. The van der Waals surface area contributed by atoms with Gasteiger partial charge in [0.1, 0.15) is 18.4 Å². The van der Waals surface area contributed by atoms with Crippen LogP contribution in [0.15, 0.2) is 102 Å². The summed E-state index contributed by atoms with van der Waals surface area (Å²) in [4.78, 5) is 29.2. The number of hydrogen-bond acceptors (Lipinski definition) is 6. The zero-order chi connectivity index (χ0) is 33.3. The largest absolute Gasteiger partial charge is 0.493 e. The molecule has 4 aromatic carbocycles. The van der Waals surface area contributed by atoms with E-state index in [1.54, 1.807) is 6.92 Å². The average Bonchev–Trinajstić information content (AvgIpc) is 3.06. The number of ether oxygens (including phenoxy) is 2. The zero-order valence-electron chi connectivity index (χ0n) is 26.3. The molecule has 4 rings (SSSR count). The number of carbonyl (C=O) groups is 2. The molecule has 0 aromatic heterocycles. The topological polar surface area (TPSA) is 105 Å². The quantitative estimate of drug-likeness (QED) is 0.204.